The number of benzene rings is 2. The Bertz CT molecular complexity index is 1780. The second-order valence-corrected chi connectivity index (χ2v) is 16.7. The lowest BCUT2D eigenvalue weighted by Gasteiger charge is -2.47. The lowest BCUT2D eigenvalue weighted by Crippen LogP contribution is -2.59. The topological polar surface area (TPSA) is 87.1 Å². The molecule has 3 aliphatic rings. The van der Waals surface area contributed by atoms with E-state index in [4.69, 9.17) is 37.9 Å². The molecule has 0 bridgehead atoms. The highest BCUT2D eigenvalue weighted by molar-refractivity contribution is 6.30. The van der Waals surface area contributed by atoms with Crippen molar-refractivity contribution in [3.8, 4) is 5.75 Å². The molecule has 2 aliphatic heterocycles. The average Bonchev–Trinajstić information content (AvgIpc) is 3.91. The Morgan fingerprint density at radius 2 is 1.55 bits per heavy atom. The molecule has 51 heavy (non-hydrogen) atoms. The summed E-state index contributed by atoms with van der Waals surface area (Å²) in [5, 5.41) is 4.42. The Balaban J connectivity index is 1.42. The van der Waals surface area contributed by atoms with Crippen molar-refractivity contribution in [1.29, 1.82) is 0 Å². The second-order valence-electron chi connectivity index (χ2n) is 15.8. The van der Waals surface area contributed by atoms with Gasteiger partial charge in [0.1, 0.15) is 22.7 Å². The van der Waals surface area contributed by atoms with Crippen molar-refractivity contribution in [3.05, 3.63) is 93.2 Å². The number of carbonyl (C=O) groups is 2. The van der Waals surface area contributed by atoms with Gasteiger partial charge in [-0.25, -0.2) is 4.79 Å². The smallest absolute Gasteiger partial charge is 0.326 e. The molecular formula is C41H51Cl2N5O3. The van der Waals surface area contributed by atoms with Gasteiger partial charge in [-0.15, -0.1) is 0 Å². The molecule has 0 spiro atoms. The van der Waals surface area contributed by atoms with Crippen LogP contribution in [0, 0.1) is 11.8 Å². The van der Waals surface area contributed by atoms with E-state index in [2.05, 4.69) is 46.9 Å². The van der Waals surface area contributed by atoms with Crippen molar-refractivity contribution < 1.29 is 14.3 Å². The summed E-state index contributed by atoms with van der Waals surface area (Å²) in [7, 11) is 0. The van der Waals surface area contributed by atoms with Crippen molar-refractivity contribution in [1.82, 2.24) is 20.1 Å². The Kier molecular flexibility index (Phi) is 10.5. The molecule has 272 valence electrons. The van der Waals surface area contributed by atoms with Gasteiger partial charge in [0, 0.05) is 59.0 Å². The number of carbonyl (C=O) groups excluding carboxylic acids is 2. The number of urea groups is 1. The number of nitrogens with zero attached hydrogens (tertiary/aromatic N) is 4. The van der Waals surface area contributed by atoms with Crippen LogP contribution in [0.1, 0.15) is 103 Å². The Morgan fingerprint density at radius 1 is 0.961 bits per heavy atom. The minimum absolute atomic E-state index is 0.108. The molecule has 3 heterocycles. The van der Waals surface area contributed by atoms with Crippen molar-refractivity contribution in [2.45, 2.75) is 103 Å². The summed E-state index contributed by atoms with van der Waals surface area (Å²) < 4.78 is 6.29. The van der Waals surface area contributed by atoms with Crippen LogP contribution in [0.5, 0.6) is 5.75 Å². The van der Waals surface area contributed by atoms with Crippen LogP contribution in [0.25, 0.3) is 0 Å². The number of halogens is 2. The summed E-state index contributed by atoms with van der Waals surface area (Å²) in [4.78, 5) is 42.3. The molecule has 1 saturated heterocycles. The minimum Gasteiger partial charge on any atom is -0.493 e. The number of aromatic nitrogens is 1. The summed E-state index contributed by atoms with van der Waals surface area (Å²) >= 11 is 12.8. The fourth-order valence-electron chi connectivity index (χ4n) is 7.62. The van der Waals surface area contributed by atoms with Gasteiger partial charge in [0.2, 0.25) is 5.91 Å². The van der Waals surface area contributed by atoms with Crippen molar-refractivity contribution >= 4 is 41.0 Å². The molecule has 2 aromatic carbocycles. The van der Waals surface area contributed by atoms with Gasteiger partial charge in [-0.2, -0.15) is 0 Å². The maximum absolute atomic E-state index is 15.2. The Morgan fingerprint density at radius 3 is 2.10 bits per heavy atom. The number of amides is 3. The zero-order valence-corrected chi connectivity index (χ0v) is 32.4. The van der Waals surface area contributed by atoms with Gasteiger partial charge >= 0.3 is 6.03 Å². The summed E-state index contributed by atoms with van der Waals surface area (Å²) in [5.74, 6) is 2.05. The van der Waals surface area contributed by atoms with Gasteiger partial charge < -0.3 is 15.0 Å². The van der Waals surface area contributed by atoms with E-state index in [1.807, 2.05) is 71.3 Å². The third-order valence-corrected chi connectivity index (χ3v) is 11.7. The molecule has 1 aromatic heterocycles. The van der Waals surface area contributed by atoms with E-state index < -0.39 is 11.1 Å². The molecule has 2 fully saturated rings. The number of likely N-dealkylation sites (tertiary alicyclic amines) is 1. The maximum Gasteiger partial charge on any atom is 0.326 e. The maximum atomic E-state index is 15.2. The molecule has 0 unspecified atom stereocenters. The monoisotopic (exact) mass is 731 g/mol. The van der Waals surface area contributed by atoms with Crippen LogP contribution in [0.3, 0.4) is 0 Å². The summed E-state index contributed by atoms with van der Waals surface area (Å²) in [5.41, 5.74) is 1.11. The standard InChI is InChI=1S/C41H51Cl2N5O3/c1-8-51-34-24-35(39(3,4)5)44-25-33(34)37-46-40(6,29-11-15-31(42)16-12-29)41(7,30-13-17-32(43)18-14-30)48(37)38(50)47-21-19-27(20-22-47)23-36(49)45-26(2)28-9-10-28/h11-18,24-28H,8-10,19-23H2,1-7H3,(H,45,49)/t26-,40-,41+/m0/s1. The highest BCUT2D eigenvalue weighted by atomic mass is 35.5. The molecule has 1 N–H and O–H groups in total. The van der Waals surface area contributed by atoms with E-state index >= 15 is 4.79 Å². The molecule has 1 aliphatic carbocycles. The van der Waals surface area contributed by atoms with E-state index in [1.165, 1.54) is 12.8 Å². The summed E-state index contributed by atoms with van der Waals surface area (Å²) in [6.07, 6.45) is 6.16. The molecule has 1 saturated carbocycles. The van der Waals surface area contributed by atoms with E-state index in [0.717, 1.165) is 29.7 Å². The lowest BCUT2D eigenvalue weighted by molar-refractivity contribution is -0.123. The van der Waals surface area contributed by atoms with Crippen LogP contribution in [-0.4, -0.2) is 58.3 Å². The quantitative estimate of drug-likeness (QED) is 0.238. The van der Waals surface area contributed by atoms with Crippen LogP contribution < -0.4 is 10.1 Å². The van der Waals surface area contributed by atoms with Crippen LogP contribution in [0.15, 0.2) is 65.8 Å². The van der Waals surface area contributed by atoms with Gasteiger partial charge in [0.15, 0.2) is 0 Å². The largest absolute Gasteiger partial charge is 0.493 e. The van der Waals surface area contributed by atoms with E-state index in [9.17, 15) is 4.79 Å². The average molecular weight is 733 g/mol. The fourth-order valence-corrected chi connectivity index (χ4v) is 7.87. The van der Waals surface area contributed by atoms with Gasteiger partial charge in [-0.1, -0.05) is 68.2 Å². The highest BCUT2D eigenvalue weighted by Gasteiger charge is 2.60. The van der Waals surface area contributed by atoms with E-state index in [-0.39, 0.29) is 29.3 Å². The van der Waals surface area contributed by atoms with Crippen LogP contribution in [0.4, 0.5) is 4.79 Å². The van der Waals surface area contributed by atoms with Gasteiger partial charge in [-0.05, 0) is 101 Å². The van der Waals surface area contributed by atoms with Crippen LogP contribution in [-0.2, 0) is 21.3 Å². The first-order chi connectivity index (χ1) is 24.2. The minimum atomic E-state index is -1.01. The van der Waals surface area contributed by atoms with Crippen molar-refractivity contribution in [3.63, 3.8) is 0 Å². The third-order valence-electron chi connectivity index (χ3n) is 11.2. The molecule has 3 aromatic rings. The van der Waals surface area contributed by atoms with Gasteiger partial charge in [0.05, 0.1) is 12.2 Å². The molecule has 6 rings (SSSR count). The Hall–Kier alpha value is -3.62. The number of hydrogen-bond donors (Lipinski definition) is 1. The number of ether oxygens (including phenoxy) is 1. The number of nitrogens with one attached hydrogen (secondary N) is 1. The molecule has 3 amide bonds. The van der Waals surface area contributed by atoms with E-state index in [0.29, 0.717) is 59.2 Å². The first-order valence-electron chi connectivity index (χ1n) is 18.3. The normalized spacial score (nSPS) is 23.2. The number of hydrogen-bond acceptors (Lipinski definition) is 5. The van der Waals surface area contributed by atoms with Crippen LogP contribution in [0.2, 0.25) is 10.0 Å². The molecule has 3 atom stereocenters. The third kappa shape index (κ3) is 7.36. The lowest BCUT2D eigenvalue weighted by atomic mass is 9.71. The second kappa shape index (κ2) is 14.4. The van der Waals surface area contributed by atoms with Crippen LogP contribution >= 0.6 is 23.2 Å². The first-order valence-corrected chi connectivity index (χ1v) is 19.1. The predicted molar refractivity (Wildman–Crippen MR) is 205 cm³/mol. The molecule has 0 radical (unpaired) electrons. The number of amidine groups is 1. The van der Waals surface area contributed by atoms with Crippen molar-refractivity contribution in [2.24, 2.45) is 16.8 Å². The zero-order chi connectivity index (χ0) is 36.7. The molecule has 8 nitrogen and oxygen atoms in total. The number of aliphatic imine (C=N–C) groups is 1. The van der Waals surface area contributed by atoms with Crippen molar-refractivity contribution in [2.75, 3.05) is 19.7 Å². The predicted octanol–water partition coefficient (Wildman–Crippen LogP) is 9.11. The molecule has 10 heteroatoms. The first kappa shape index (κ1) is 37.1. The molecular weight excluding hydrogens is 681 g/mol. The van der Waals surface area contributed by atoms with Gasteiger partial charge in [-0.3, -0.25) is 19.7 Å². The fraction of sp³-hybridized carbons (Fsp3) is 0.512. The number of pyridine rings is 1. The number of rotatable bonds is 9. The Labute approximate surface area is 313 Å². The van der Waals surface area contributed by atoms with Gasteiger partial charge in [0.25, 0.3) is 0 Å². The number of piperidine rings is 1. The van der Waals surface area contributed by atoms with E-state index in [1.54, 1.807) is 6.20 Å². The summed E-state index contributed by atoms with van der Waals surface area (Å²) in [6, 6.07) is 17.4. The SMILES string of the molecule is CCOc1cc(C(C)(C)C)ncc1C1=N[C@@](C)(c2ccc(Cl)cc2)[C@@](C)(c2ccc(Cl)cc2)N1C(=O)N1CCC(CC(=O)N[C@@H](C)C2CC2)CC1. The summed E-state index contributed by atoms with van der Waals surface area (Å²) in [6.45, 7) is 16.1. The zero-order valence-electron chi connectivity index (χ0n) is 30.9. The highest BCUT2D eigenvalue weighted by Crippen LogP contribution is 2.54.